The molecule has 0 aliphatic carbocycles. The smallest absolute Gasteiger partial charge is 0.252 e. The molecule has 1 amide bonds. The Morgan fingerprint density at radius 3 is 2.67 bits per heavy atom. The summed E-state index contributed by atoms with van der Waals surface area (Å²) in [6, 6.07) is 13.7. The van der Waals surface area contributed by atoms with Gasteiger partial charge in [0.25, 0.3) is 5.91 Å². The van der Waals surface area contributed by atoms with Crippen LogP contribution < -0.4 is 5.32 Å². The Morgan fingerprint density at radius 1 is 1.14 bits per heavy atom. The Morgan fingerprint density at radius 2 is 1.90 bits per heavy atom. The summed E-state index contributed by atoms with van der Waals surface area (Å²) in [5, 5.41) is 12.1. The van der Waals surface area contributed by atoms with E-state index in [1.807, 2.05) is 56.3 Å². The number of hydrogen-bond donors (Lipinski definition) is 2. The van der Waals surface area contributed by atoms with E-state index < -0.39 is 0 Å². The van der Waals surface area contributed by atoms with E-state index in [4.69, 9.17) is 0 Å². The first-order valence-corrected chi connectivity index (χ1v) is 6.93. The van der Waals surface area contributed by atoms with Gasteiger partial charge in [0.05, 0.1) is 5.69 Å². The van der Waals surface area contributed by atoms with E-state index in [-0.39, 0.29) is 5.91 Å². The minimum absolute atomic E-state index is 0.0631. The summed E-state index contributed by atoms with van der Waals surface area (Å²) < 4.78 is 0. The number of amides is 1. The lowest BCUT2D eigenvalue weighted by Crippen LogP contribution is -2.23. The minimum Gasteiger partial charge on any atom is -0.348 e. The first-order valence-electron chi connectivity index (χ1n) is 6.93. The van der Waals surface area contributed by atoms with E-state index in [0.29, 0.717) is 12.1 Å². The topological polar surface area (TPSA) is 57.8 Å². The number of H-pyrrole nitrogens is 1. The summed E-state index contributed by atoms with van der Waals surface area (Å²) in [7, 11) is 0. The van der Waals surface area contributed by atoms with Crippen molar-refractivity contribution in [1.29, 1.82) is 0 Å². The number of carbonyl (C=O) groups excluding carboxylic acids is 1. The first kappa shape index (κ1) is 13.4. The standard InChI is InChI=1S/C17H17N3O/c1-11-16(12(2)20-19-11)10-18-17(21)15-9-5-7-13-6-3-4-8-14(13)15/h3-9H,10H2,1-2H3,(H,18,21)(H,19,20). The second-order valence-corrected chi connectivity index (χ2v) is 5.12. The second-order valence-electron chi connectivity index (χ2n) is 5.12. The van der Waals surface area contributed by atoms with Crippen LogP contribution in [0.3, 0.4) is 0 Å². The van der Waals surface area contributed by atoms with E-state index in [0.717, 1.165) is 27.7 Å². The second kappa shape index (κ2) is 5.40. The third-order valence-electron chi connectivity index (χ3n) is 3.74. The highest BCUT2D eigenvalue weighted by atomic mass is 16.1. The van der Waals surface area contributed by atoms with Gasteiger partial charge in [0.15, 0.2) is 0 Å². The molecule has 0 spiro atoms. The van der Waals surface area contributed by atoms with Crippen molar-refractivity contribution < 1.29 is 4.79 Å². The highest BCUT2D eigenvalue weighted by molar-refractivity contribution is 6.06. The van der Waals surface area contributed by atoms with Gasteiger partial charge in [0.2, 0.25) is 0 Å². The van der Waals surface area contributed by atoms with Crippen LogP contribution in [-0.2, 0) is 6.54 Å². The number of carbonyl (C=O) groups is 1. The normalized spacial score (nSPS) is 10.8. The molecule has 0 unspecified atom stereocenters. The van der Waals surface area contributed by atoms with Crippen LogP contribution in [0.2, 0.25) is 0 Å². The van der Waals surface area contributed by atoms with Crippen molar-refractivity contribution in [3.05, 3.63) is 65.0 Å². The molecule has 0 aliphatic heterocycles. The molecule has 106 valence electrons. The van der Waals surface area contributed by atoms with Crippen molar-refractivity contribution in [2.45, 2.75) is 20.4 Å². The van der Waals surface area contributed by atoms with Gasteiger partial charge < -0.3 is 5.32 Å². The van der Waals surface area contributed by atoms with Crippen LogP contribution in [0, 0.1) is 13.8 Å². The average molecular weight is 279 g/mol. The van der Waals surface area contributed by atoms with Gasteiger partial charge in [0.1, 0.15) is 0 Å². The Hall–Kier alpha value is -2.62. The molecule has 4 heteroatoms. The largest absolute Gasteiger partial charge is 0.348 e. The number of nitrogens with zero attached hydrogens (tertiary/aromatic N) is 1. The van der Waals surface area contributed by atoms with E-state index in [1.54, 1.807) is 0 Å². The number of hydrogen-bond acceptors (Lipinski definition) is 2. The third kappa shape index (κ3) is 2.52. The molecular weight excluding hydrogens is 262 g/mol. The van der Waals surface area contributed by atoms with Gasteiger partial charge in [-0.05, 0) is 30.7 Å². The zero-order valence-corrected chi connectivity index (χ0v) is 12.1. The van der Waals surface area contributed by atoms with Crippen molar-refractivity contribution in [2.75, 3.05) is 0 Å². The first-order chi connectivity index (χ1) is 10.2. The van der Waals surface area contributed by atoms with Crippen molar-refractivity contribution in [1.82, 2.24) is 15.5 Å². The van der Waals surface area contributed by atoms with E-state index in [1.165, 1.54) is 0 Å². The van der Waals surface area contributed by atoms with Gasteiger partial charge in [-0.1, -0.05) is 36.4 Å². The van der Waals surface area contributed by atoms with Crippen LogP contribution in [0.5, 0.6) is 0 Å². The Kier molecular flexibility index (Phi) is 3.44. The summed E-state index contributed by atoms with van der Waals surface area (Å²) in [6.07, 6.45) is 0. The zero-order chi connectivity index (χ0) is 14.8. The highest BCUT2D eigenvalue weighted by Crippen LogP contribution is 2.18. The number of nitrogens with one attached hydrogen (secondary N) is 2. The lowest BCUT2D eigenvalue weighted by atomic mass is 10.0. The Labute approximate surface area is 123 Å². The number of aromatic amines is 1. The third-order valence-corrected chi connectivity index (χ3v) is 3.74. The summed E-state index contributed by atoms with van der Waals surface area (Å²) in [5.74, 6) is -0.0631. The minimum atomic E-state index is -0.0631. The molecule has 0 saturated carbocycles. The fourth-order valence-electron chi connectivity index (χ4n) is 2.52. The molecule has 1 heterocycles. The molecule has 2 N–H and O–H groups in total. The quantitative estimate of drug-likeness (QED) is 0.774. The number of aromatic nitrogens is 2. The molecule has 0 saturated heterocycles. The van der Waals surface area contributed by atoms with Gasteiger partial charge in [-0.3, -0.25) is 9.89 Å². The summed E-state index contributed by atoms with van der Waals surface area (Å²) >= 11 is 0. The molecule has 0 atom stereocenters. The fourth-order valence-corrected chi connectivity index (χ4v) is 2.52. The van der Waals surface area contributed by atoms with Crippen molar-refractivity contribution in [3.8, 4) is 0 Å². The van der Waals surface area contributed by atoms with Gasteiger partial charge >= 0.3 is 0 Å². The van der Waals surface area contributed by atoms with Crippen LogP contribution in [-0.4, -0.2) is 16.1 Å². The molecule has 0 fully saturated rings. The van der Waals surface area contributed by atoms with Crippen LogP contribution in [0.25, 0.3) is 10.8 Å². The van der Waals surface area contributed by atoms with Crippen molar-refractivity contribution >= 4 is 16.7 Å². The Bertz CT molecular complexity index is 780. The lowest BCUT2D eigenvalue weighted by molar-refractivity contribution is 0.0952. The molecule has 2 aromatic carbocycles. The highest BCUT2D eigenvalue weighted by Gasteiger charge is 2.11. The number of aryl methyl sites for hydroxylation is 2. The molecule has 21 heavy (non-hydrogen) atoms. The summed E-state index contributed by atoms with van der Waals surface area (Å²) in [4.78, 5) is 12.4. The van der Waals surface area contributed by atoms with E-state index in [9.17, 15) is 4.79 Å². The molecule has 0 radical (unpaired) electrons. The molecule has 0 aliphatic rings. The van der Waals surface area contributed by atoms with E-state index >= 15 is 0 Å². The SMILES string of the molecule is Cc1n[nH]c(C)c1CNC(=O)c1cccc2ccccc12. The molecule has 3 aromatic rings. The van der Waals surface area contributed by atoms with Crippen LogP contribution in [0.15, 0.2) is 42.5 Å². The van der Waals surface area contributed by atoms with Crippen molar-refractivity contribution in [2.24, 2.45) is 0 Å². The average Bonchev–Trinajstić information content (AvgIpc) is 2.83. The van der Waals surface area contributed by atoms with E-state index in [2.05, 4.69) is 15.5 Å². The van der Waals surface area contributed by atoms with Crippen LogP contribution >= 0.6 is 0 Å². The van der Waals surface area contributed by atoms with Gasteiger partial charge in [0, 0.05) is 23.4 Å². The molecular formula is C17H17N3O. The molecule has 3 rings (SSSR count). The number of benzene rings is 2. The fraction of sp³-hybridized carbons (Fsp3) is 0.176. The maximum absolute atomic E-state index is 12.4. The predicted octanol–water partition coefficient (Wildman–Crippen LogP) is 3.11. The molecule has 0 bridgehead atoms. The van der Waals surface area contributed by atoms with Gasteiger partial charge in [-0.2, -0.15) is 5.10 Å². The summed E-state index contributed by atoms with van der Waals surface area (Å²) in [6.45, 7) is 4.37. The van der Waals surface area contributed by atoms with Gasteiger partial charge in [-0.25, -0.2) is 0 Å². The zero-order valence-electron chi connectivity index (χ0n) is 12.1. The molecule has 1 aromatic heterocycles. The van der Waals surface area contributed by atoms with Gasteiger partial charge in [-0.15, -0.1) is 0 Å². The predicted molar refractivity (Wildman–Crippen MR) is 83.2 cm³/mol. The van der Waals surface area contributed by atoms with Crippen LogP contribution in [0.1, 0.15) is 27.3 Å². The monoisotopic (exact) mass is 279 g/mol. The summed E-state index contributed by atoms with van der Waals surface area (Å²) in [5.41, 5.74) is 3.66. The maximum atomic E-state index is 12.4. The van der Waals surface area contributed by atoms with Crippen molar-refractivity contribution in [3.63, 3.8) is 0 Å². The maximum Gasteiger partial charge on any atom is 0.252 e. The van der Waals surface area contributed by atoms with Crippen LogP contribution in [0.4, 0.5) is 0 Å². The molecule has 4 nitrogen and oxygen atoms in total. The Balaban J connectivity index is 1.85. The number of fused-ring (bicyclic) bond motifs is 1. The lowest BCUT2D eigenvalue weighted by Gasteiger charge is -2.08. The number of rotatable bonds is 3.